The Morgan fingerprint density at radius 3 is 2.64 bits per heavy atom. The summed E-state index contributed by atoms with van der Waals surface area (Å²) in [5.41, 5.74) is 5.36. The highest BCUT2D eigenvalue weighted by Gasteiger charge is 2.10. The van der Waals surface area contributed by atoms with Gasteiger partial charge in [0, 0.05) is 5.56 Å². The summed E-state index contributed by atoms with van der Waals surface area (Å²) in [6.07, 6.45) is 1.39. The summed E-state index contributed by atoms with van der Waals surface area (Å²) in [6, 6.07) is 14.0. The Morgan fingerprint density at radius 1 is 1.24 bits per heavy atom. The summed E-state index contributed by atoms with van der Waals surface area (Å²) in [5.74, 6) is -0.602. The molecule has 2 rings (SSSR count). The van der Waals surface area contributed by atoms with Crippen molar-refractivity contribution in [3.05, 3.63) is 59.9 Å². The molecule has 0 bridgehead atoms. The van der Waals surface area contributed by atoms with Gasteiger partial charge in [-0.15, -0.1) is 0 Å². The first-order chi connectivity index (χ1) is 12.1. The Hall–Kier alpha value is -3.73. The molecule has 126 valence electrons. The average Bonchev–Trinajstić information content (AvgIpc) is 2.64. The van der Waals surface area contributed by atoms with Crippen LogP contribution >= 0.6 is 0 Å². The number of hydrogen-bond acceptors (Lipinski definition) is 6. The Labute approximate surface area is 143 Å². The monoisotopic (exact) mass is 339 g/mol. The first-order valence-corrected chi connectivity index (χ1v) is 7.10. The van der Waals surface area contributed by atoms with E-state index in [0.717, 1.165) is 0 Å². The predicted octanol–water partition coefficient (Wildman–Crippen LogP) is 2.28. The van der Waals surface area contributed by atoms with Crippen molar-refractivity contribution >= 4 is 23.5 Å². The van der Waals surface area contributed by atoms with Gasteiger partial charge in [0.25, 0.3) is 0 Å². The van der Waals surface area contributed by atoms with Gasteiger partial charge in [-0.1, -0.05) is 12.1 Å². The Bertz CT molecular complexity index is 841. The van der Waals surface area contributed by atoms with E-state index >= 15 is 0 Å². The standard InChI is InChI=1S/C17H14FN5O2/c1-25-16-5-3-2-4-12(16)11-20-23-17(24)15(10-19)22-21-14-8-6-13(18)7-9-14/h2-9,11,21H,1H3,(H,23,24)/b20-11-,22-15-. The van der Waals surface area contributed by atoms with Crippen LogP contribution < -0.4 is 15.6 Å². The van der Waals surface area contributed by atoms with Gasteiger partial charge in [0.05, 0.1) is 19.0 Å². The molecule has 1 amide bonds. The number of ether oxygens (including phenoxy) is 1. The van der Waals surface area contributed by atoms with Crippen LogP contribution in [0.25, 0.3) is 0 Å². The summed E-state index contributed by atoms with van der Waals surface area (Å²) < 4.78 is 18.0. The van der Waals surface area contributed by atoms with E-state index < -0.39 is 17.4 Å². The third-order valence-electron chi connectivity index (χ3n) is 2.97. The molecule has 0 aliphatic heterocycles. The van der Waals surface area contributed by atoms with Crippen LogP contribution in [-0.4, -0.2) is 24.9 Å². The first kappa shape index (κ1) is 17.6. The topological polar surface area (TPSA) is 98.9 Å². The lowest BCUT2D eigenvalue weighted by molar-refractivity contribution is -0.114. The van der Waals surface area contributed by atoms with Crippen molar-refractivity contribution in [2.75, 3.05) is 12.5 Å². The number of amides is 1. The molecule has 0 saturated carbocycles. The third-order valence-corrected chi connectivity index (χ3v) is 2.97. The number of benzene rings is 2. The lowest BCUT2D eigenvalue weighted by atomic mass is 10.2. The molecule has 0 aromatic heterocycles. The van der Waals surface area contributed by atoms with E-state index in [4.69, 9.17) is 10.00 Å². The van der Waals surface area contributed by atoms with Crippen LogP contribution in [-0.2, 0) is 4.79 Å². The minimum Gasteiger partial charge on any atom is -0.496 e. The molecule has 8 heteroatoms. The summed E-state index contributed by atoms with van der Waals surface area (Å²) in [6.45, 7) is 0. The van der Waals surface area contributed by atoms with Crippen LogP contribution in [0.5, 0.6) is 5.75 Å². The van der Waals surface area contributed by atoms with Crippen molar-refractivity contribution < 1.29 is 13.9 Å². The zero-order chi connectivity index (χ0) is 18.1. The molecule has 0 aliphatic rings. The van der Waals surface area contributed by atoms with Gasteiger partial charge in [0.1, 0.15) is 17.6 Å². The van der Waals surface area contributed by atoms with Crippen LogP contribution in [0, 0.1) is 17.1 Å². The molecule has 0 atom stereocenters. The second kappa shape index (κ2) is 8.79. The molecule has 0 heterocycles. The lowest BCUT2D eigenvalue weighted by Crippen LogP contribution is -2.26. The molecule has 0 fully saturated rings. The van der Waals surface area contributed by atoms with Crippen molar-refractivity contribution in [1.82, 2.24) is 5.43 Å². The molecule has 0 saturated heterocycles. The van der Waals surface area contributed by atoms with E-state index in [9.17, 15) is 9.18 Å². The third kappa shape index (κ3) is 5.14. The van der Waals surface area contributed by atoms with Crippen LogP contribution in [0.3, 0.4) is 0 Å². The number of carbonyl (C=O) groups excluding carboxylic acids is 1. The SMILES string of the molecule is COc1ccccc1/C=N\NC(=O)/C(C#N)=N\Nc1ccc(F)cc1. The smallest absolute Gasteiger partial charge is 0.302 e. The fourth-order valence-electron chi connectivity index (χ4n) is 1.76. The number of carbonyl (C=O) groups is 1. The second-order valence-electron chi connectivity index (χ2n) is 4.63. The number of halogens is 1. The van der Waals surface area contributed by atoms with Gasteiger partial charge in [-0.25, -0.2) is 9.82 Å². The number of nitrogens with one attached hydrogen (secondary N) is 2. The van der Waals surface area contributed by atoms with Crippen molar-refractivity contribution in [1.29, 1.82) is 5.26 Å². The fourth-order valence-corrected chi connectivity index (χ4v) is 1.76. The Morgan fingerprint density at radius 2 is 1.96 bits per heavy atom. The van der Waals surface area contributed by atoms with Gasteiger partial charge in [0.2, 0.25) is 5.71 Å². The zero-order valence-corrected chi connectivity index (χ0v) is 13.2. The van der Waals surface area contributed by atoms with E-state index in [-0.39, 0.29) is 0 Å². The molecule has 0 unspecified atom stereocenters. The number of nitriles is 1. The number of para-hydroxylation sites is 1. The van der Waals surface area contributed by atoms with E-state index in [1.807, 2.05) is 0 Å². The molecule has 2 aromatic rings. The van der Waals surface area contributed by atoms with Gasteiger partial charge in [-0.2, -0.15) is 15.5 Å². The maximum absolute atomic E-state index is 12.8. The minimum absolute atomic E-state index is 0.404. The largest absolute Gasteiger partial charge is 0.496 e. The molecule has 2 aromatic carbocycles. The quantitative estimate of drug-likeness (QED) is 0.623. The molecule has 2 N–H and O–H groups in total. The average molecular weight is 339 g/mol. The van der Waals surface area contributed by atoms with Crippen molar-refractivity contribution in [2.45, 2.75) is 0 Å². The fraction of sp³-hybridized carbons (Fsp3) is 0.0588. The van der Waals surface area contributed by atoms with E-state index in [1.165, 1.54) is 37.6 Å². The molecule has 7 nitrogen and oxygen atoms in total. The van der Waals surface area contributed by atoms with Crippen molar-refractivity contribution in [3.63, 3.8) is 0 Å². The van der Waals surface area contributed by atoms with Gasteiger partial charge < -0.3 is 4.74 Å². The number of nitrogens with zero attached hydrogens (tertiary/aromatic N) is 3. The van der Waals surface area contributed by atoms with Gasteiger partial charge >= 0.3 is 5.91 Å². The predicted molar refractivity (Wildman–Crippen MR) is 91.8 cm³/mol. The Balaban J connectivity index is 2.00. The molecule has 0 radical (unpaired) electrons. The molecule has 0 spiro atoms. The van der Waals surface area contributed by atoms with E-state index in [1.54, 1.807) is 30.3 Å². The van der Waals surface area contributed by atoms with Gasteiger partial charge in [0.15, 0.2) is 0 Å². The number of methoxy groups -OCH3 is 1. The number of rotatable bonds is 6. The molecule has 25 heavy (non-hydrogen) atoms. The Kier molecular flexibility index (Phi) is 6.19. The van der Waals surface area contributed by atoms with Crippen molar-refractivity contribution in [2.24, 2.45) is 10.2 Å². The number of hydrogen-bond donors (Lipinski definition) is 2. The number of anilines is 1. The van der Waals surface area contributed by atoms with Gasteiger partial charge in [-0.3, -0.25) is 10.2 Å². The maximum Gasteiger partial charge on any atom is 0.302 e. The first-order valence-electron chi connectivity index (χ1n) is 7.10. The highest BCUT2D eigenvalue weighted by molar-refractivity contribution is 6.45. The lowest BCUT2D eigenvalue weighted by Gasteiger charge is -2.03. The summed E-state index contributed by atoms with van der Waals surface area (Å²) in [7, 11) is 1.52. The van der Waals surface area contributed by atoms with Crippen LogP contribution in [0.2, 0.25) is 0 Å². The summed E-state index contributed by atoms with van der Waals surface area (Å²) in [4.78, 5) is 11.9. The van der Waals surface area contributed by atoms with Crippen LogP contribution in [0.4, 0.5) is 10.1 Å². The van der Waals surface area contributed by atoms with Crippen molar-refractivity contribution in [3.8, 4) is 11.8 Å². The zero-order valence-electron chi connectivity index (χ0n) is 13.2. The molecule has 0 aliphatic carbocycles. The maximum atomic E-state index is 12.8. The summed E-state index contributed by atoms with van der Waals surface area (Å²) in [5, 5.41) is 16.4. The van der Waals surface area contributed by atoms with Gasteiger partial charge in [-0.05, 0) is 36.4 Å². The van der Waals surface area contributed by atoms with Crippen LogP contribution in [0.15, 0.2) is 58.7 Å². The minimum atomic E-state index is -0.789. The highest BCUT2D eigenvalue weighted by atomic mass is 19.1. The van der Waals surface area contributed by atoms with E-state index in [2.05, 4.69) is 21.1 Å². The second-order valence-corrected chi connectivity index (χ2v) is 4.63. The number of hydrazone groups is 2. The summed E-state index contributed by atoms with van der Waals surface area (Å²) >= 11 is 0. The highest BCUT2D eigenvalue weighted by Crippen LogP contribution is 2.14. The van der Waals surface area contributed by atoms with E-state index in [0.29, 0.717) is 17.0 Å². The van der Waals surface area contributed by atoms with Crippen LogP contribution in [0.1, 0.15) is 5.56 Å². The molecular weight excluding hydrogens is 325 g/mol. The normalized spacial score (nSPS) is 11.0. The molecular formula is C17H14FN5O2.